The van der Waals surface area contributed by atoms with Crippen LogP contribution in [-0.2, 0) is 14.8 Å². The molecule has 2 aliphatic carbocycles. The molecule has 3 N–H and O–H groups in total. The fourth-order valence-corrected chi connectivity index (χ4v) is 7.71. The molecule has 138 valence electrons. The lowest BCUT2D eigenvalue weighted by Gasteiger charge is -2.30. The van der Waals surface area contributed by atoms with Gasteiger partial charge in [0.25, 0.3) is 0 Å². The highest BCUT2D eigenvalue weighted by molar-refractivity contribution is 8.13. The maximum atomic E-state index is 12.7. The van der Waals surface area contributed by atoms with Crippen molar-refractivity contribution in [2.24, 2.45) is 11.8 Å². The van der Waals surface area contributed by atoms with Gasteiger partial charge >= 0.3 is 5.97 Å². The van der Waals surface area contributed by atoms with Crippen molar-refractivity contribution in [3.8, 4) is 0 Å². The predicted octanol–water partition coefficient (Wildman–Crippen LogP) is 2.12. The molecule has 4 atom stereocenters. The second-order valence-corrected chi connectivity index (χ2v) is 10.8. The first-order valence-corrected chi connectivity index (χ1v) is 11.6. The summed E-state index contributed by atoms with van der Waals surface area (Å²) in [6.45, 7) is 0.450. The van der Waals surface area contributed by atoms with E-state index in [1.165, 1.54) is 43.9 Å². The third-order valence-corrected chi connectivity index (χ3v) is 9.51. The average molecular weight is 377 g/mol. The summed E-state index contributed by atoms with van der Waals surface area (Å²) in [6, 6.07) is -0.462. The van der Waals surface area contributed by atoms with Crippen LogP contribution in [0.25, 0.3) is 0 Å². The summed E-state index contributed by atoms with van der Waals surface area (Å²) < 4.78 is 27.7. The summed E-state index contributed by atoms with van der Waals surface area (Å²) in [5.41, 5.74) is 0. The van der Waals surface area contributed by atoms with E-state index in [9.17, 15) is 18.3 Å². The first kappa shape index (κ1) is 18.5. The Morgan fingerprint density at radius 1 is 1.04 bits per heavy atom. The van der Waals surface area contributed by atoms with Crippen molar-refractivity contribution in [1.29, 1.82) is 0 Å². The molecule has 1 saturated heterocycles. The number of aliphatic carboxylic acids is 1. The molecule has 0 radical (unpaired) electrons. The standard InChI is InChI=1S/C16H28N2O4S2/c19-16(20)12-8-4-5-9-13(12)18-24(21,22)14-10-17-15(23-14)11-6-2-1-3-7-11/h11-15,17-18H,1-10H2,(H,19,20). The average Bonchev–Trinajstić information content (AvgIpc) is 3.06. The molecule has 1 aliphatic heterocycles. The summed E-state index contributed by atoms with van der Waals surface area (Å²) in [5.74, 6) is -0.924. The van der Waals surface area contributed by atoms with Gasteiger partial charge in [-0.2, -0.15) is 0 Å². The Morgan fingerprint density at radius 2 is 1.71 bits per heavy atom. The van der Waals surface area contributed by atoms with Crippen molar-refractivity contribution in [2.45, 2.75) is 73.8 Å². The highest BCUT2D eigenvalue weighted by Crippen LogP contribution is 2.38. The summed E-state index contributed by atoms with van der Waals surface area (Å²) in [5, 5.41) is 12.9. The summed E-state index contributed by atoms with van der Waals surface area (Å²) in [7, 11) is -3.51. The van der Waals surface area contributed by atoms with Gasteiger partial charge in [0.15, 0.2) is 0 Å². The molecule has 3 fully saturated rings. The first-order chi connectivity index (χ1) is 11.5. The number of carbonyl (C=O) groups is 1. The molecule has 0 aromatic carbocycles. The van der Waals surface area contributed by atoms with Gasteiger partial charge in [0.1, 0.15) is 4.58 Å². The van der Waals surface area contributed by atoms with E-state index in [0.29, 0.717) is 25.3 Å². The third kappa shape index (κ3) is 4.26. The molecule has 0 aromatic heterocycles. The molecule has 6 nitrogen and oxygen atoms in total. The van der Waals surface area contributed by atoms with Gasteiger partial charge in [-0.05, 0) is 31.6 Å². The number of sulfonamides is 1. The lowest BCUT2D eigenvalue weighted by molar-refractivity contribution is -0.143. The summed E-state index contributed by atoms with van der Waals surface area (Å²) in [4.78, 5) is 11.4. The topological polar surface area (TPSA) is 95.5 Å². The largest absolute Gasteiger partial charge is 0.481 e. The fraction of sp³-hybridized carbons (Fsp3) is 0.938. The molecule has 24 heavy (non-hydrogen) atoms. The molecule has 0 aromatic rings. The van der Waals surface area contributed by atoms with Crippen molar-refractivity contribution >= 4 is 27.8 Å². The minimum Gasteiger partial charge on any atom is -0.481 e. The van der Waals surface area contributed by atoms with Crippen LogP contribution in [0, 0.1) is 11.8 Å². The number of nitrogens with one attached hydrogen (secondary N) is 2. The van der Waals surface area contributed by atoms with E-state index < -0.39 is 32.5 Å². The quantitative estimate of drug-likeness (QED) is 0.680. The monoisotopic (exact) mass is 376 g/mol. The van der Waals surface area contributed by atoms with Gasteiger partial charge in [-0.1, -0.05) is 32.1 Å². The van der Waals surface area contributed by atoms with Crippen LogP contribution in [0.1, 0.15) is 57.8 Å². The molecule has 4 unspecified atom stereocenters. The highest BCUT2D eigenvalue weighted by Gasteiger charge is 2.41. The van der Waals surface area contributed by atoms with Gasteiger partial charge < -0.3 is 10.4 Å². The molecule has 1 heterocycles. The number of rotatable bonds is 5. The highest BCUT2D eigenvalue weighted by atomic mass is 32.3. The van der Waals surface area contributed by atoms with Gasteiger partial charge in [-0.3, -0.25) is 4.79 Å². The maximum absolute atomic E-state index is 12.7. The molecule has 0 spiro atoms. The van der Waals surface area contributed by atoms with Crippen LogP contribution in [0.3, 0.4) is 0 Å². The van der Waals surface area contributed by atoms with E-state index in [1.807, 2.05) is 0 Å². The molecular weight excluding hydrogens is 348 g/mol. The number of thioether (sulfide) groups is 1. The van der Waals surface area contributed by atoms with Crippen LogP contribution in [0.15, 0.2) is 0 Å². The van der Waals surface area contributed by atoms with Crippen molar-refractivity contribution in [1.82, 2.24) is 10.0 Å². The van der Waals surface area contributed by atoms with E-state index in [0.717, 1.165) is 12.8 Å². The van der Waals surface area contributed by atoms with Crippen molar-refractivity contribution < 1.29 is 18.3 Å². The van der Waals surface area contributed by atoms with Crippen molar-refractivity contribution in [2.75, 3.05) is 6.54 Å². The van der Waals surface area contributed by atoms with Gasteiger partial charge in [0, 0.05) is 12.6 Å². The zero-order valence-electron chi connectivity index (χ0n) is 13.9. The second-order valence-electron chi connectivity index (χ2n) is 7.29. The predicted molar refractivity (Wildman–Crippen MR) is 95.2 cm³/mol. The molecule has 2 saturated carbocycles. The minimum atomic E-state index is -3.51. The molecule has 8 heteroatoms. The summed E-state index contributed by atoms with van der Waals surface area (Å²) >= 11 is 1.51. The molecule has 3 rings (SSSR count). The minimum absolute atomic E-state index is 0.216. The third-order valence-electron chi connectivity index (χ3n) is 5.61. The molecule has 3 aliphatic rings. The van der Waals surface area contributed by atoms with Gasteiger partial charge in [0.05, 0.1) is 11.3 Å². The normalized spacial score (nSPS) is 35.8. The number of hydrogen-bond acceptors (Lipinski definition) is 5. The SMILES string of the molecule is O=C(O)C1CCCCC1NS(=O)(=O)C1CNC(C2CCCCC2)S1. The van der Waals surface area contributed by atoms with Crippen LogP contribution in [0.2, 0.25) is 0 Å². The Bertz CT molecular complexity index is 548. The van der Waals surface area contributed by atoms with Crippen LogP contribution in [0.5, 0.6) is 0 Å². The Kier molecular flexibility index (Phi) is 6.11. The Hall–Kier alpha value is -0.310. The zero-order chi connectivity index (χ0) is 17.2. The van der Waals surface area contributed by atoms with Gasteiger partial charge in [-0.15, -0.1) is 11.8 Å². The van der Waals surface area contributed by atoms with Crippen LogP contribution >= 0.6 is 11.8 Å². The van der Waals surface area contributed by atoms with Crippen molar-refractivity contribution in [3.63, 3.8) is 0 Å². The van der Waals surface area contributed by atoms with Crippen molar-refractivity contribution in [3.05, 3.63) is 0 Å². The summed E-state index contributed by atoms with van der Waals surface area (Å²) in [6.07, 6.45) is 9.04. The van der Waals surface area contributed by atoms with E-state index >= 15 is 0 Å². The number of carboxylic acids is 1. The maximum Gasteiger partial charge on any atom is 0.308 e. The Labute approximate surface area is 148 Å². The van der Waals surface area contributed by atoms with Gasteiger partial charge in [-0.25, -0.2) is 13.1 Å². The molecular formula is C16H28N2O4S2. The number of hydrogen-bond donors (Lipinski definition) is 3. The van der Waals surface area contributed by atoms with E-state index in [1.54, 1.807) is 0 Å². The zero-order valence-corrected chi connectivity index (χ0v) is 15.6. The lowest BCUT2D eigenvalue weighted by Crippen LogP contribution is -2.48. The van der Waals surface area contributed by atoms with E-state index in [4.69, 9.17) is 0 Å². The Morgan fingerprint density at radius 3 is 2.42 bits per heavy atom. The smallest absolute Gasteiger partial charge is 0.308 e. The number of carboxylic acid groups (broad SMARTS) is 1. The second kappa shape index (κ2) is 7.93. The lowest BCUT2D eigenvalue weighted by atomic mass is 9.85. The van der Waals surface area contributed by atoms with E-state index in [-0.39, 0.29) is 5.37 Å². The van der Waals surface area contributed by atoms with Crippen LogP contribution < -0.4 is 10.0 Å². The van der Waals surface area contributed by atoms with E-state index in [2.05, 4.69) is 10.0 Å². The first-order valence-electron chi connectivity index (χ1n) is 9.10. The van der Waals surface area contributed by atoms with Gasteiger partial charge in [0.2, 0.25) is 10.0 Å². The fourth-order valence-electron chi connectivity index (χ4n) is 4.22. The Balaban J connectivity index is 1.60. The molecule has 0 amide bonds. The van der Waals surface area contributed by atoms with Crippen LogP contribution in [0.4, 0.5) is 0 Å². The molecule has 0 bridgehead atoms. The van der Waals surface area contributed by atoms with Crippen LogP contribution in [-0.4, -0.2) is 42.0 Å².